The summed E-state index contributed by atoms with van der Waals surface area (Å²) in [6.45, 7) is 7.58. The molecule has 5 nitrogen and oxygen atoms in total. The molecule has 0 amide bonds. The number of allylic oxidation sites excluding steroid dienone is 11. The maximum Gasteiger partial charge on any atom is 0.310 e. The second-order valence-corrected chi connectivity index (χ2v) is 15.3. The molecule has 0 spiro atoms. The van der Waals surface area contributed by atoms with Crippen LogP contribution in [0.4, 0.5) is 0 Å². The first kappa shape index (κ1) is 53.3. The third kappa shape index (κ3) is 44.1. The van der Waals surface area contributed by atoms with Gasteiger partial charge in [0, 0.05) is 13.0 Å². The van der Waals surface area contributed by atoms with Crippen LogP contribution in [0.3, 0.4) is 0 Å². The maximum atomic E-state index is 12.7. The Balaban J connectivity index is 4.31. The Morgan fingerprint density at radius 3 is 1.36 bits per heavy atom. The number of rotatable bonds is 42. The third-order valence-electron chi connectivity index (χ3n) is 9.76. The van der Waals surface area contributed by atoms with Gasteiger partial charge in [0.1, 0.15) is 6.61 Å². The van der Waals surface area contributed by atoms with Gasteiger partial charge in [0.05, 0.1) is 13.0 Å². The van der Waals surface area contributed by atoms with Gasteiger partial charge < -0.3 is 14.2 Å². The van der Waals surface area contributed by atoms with Crippen LogP contribution in [0.1, 0.15) is 213 Å². The van der Waals surface area contributed by atoms with Gasteiger partial charge in [-0.3, -0.25) is 9.59 Å². The SMILES string of the molecule is CC/C=C\C/C=C\C/C=C\C/C=C\C/C=C\CC(=O)OC(COCCCCCCCCCC)COC(=O)CCCCCCCCC/C=C\CCCCCCCC. The zero-order valence-corrected chi connectivity index (χ0v) is 36.9. The topological polar surface area (TPSA) is 61.8 Å². The quantitative estimate of drug-likeness (QED) is 0.0351. The summed E-state index contributed by atoms with van der Waals surface area (Å²) in [5.41, 5.74) is 0. The molecule has 1 atom stereocenters. The largest absolute Gasteiger partial charge is 0.462 e. The minimum Gasteiger partial charge on any atom is -0.462 e. The van der Waals surface area contributed by atoms with Crippen molar-refractivity contribution in [1.82, 2.24) is 0 Å². The van der Waals surface area contributed by atoms with E-state index in [1.54, 1.807) is 0 Å². The number of hydrogen-bond donors (Lipinski definition) is 0. The van der Waals surface area contributed by atoms with Crippen molar-refractivity contribution in [3.63, 3.8) is 0 Å². The van der Waals surface area contributed by atoms with Gasteiger partial charge in [-0.25, -0.2) is 0 Å². The van der Waals surface area contributed by atoms with Gasteiger partial charge >= 0.3 is 11.9 Å². The summed E-state index contributed by atoms with van der Waals surface area (Å²) in [6, 6.07) is 0. The van der Waals surface area contributed by atoms with Crippen LogP contribution < -0.4 is 0 Å². The highest BCUT2D eigenvalue weighted by Gasteiger charge is 2.17. The molecule has 0 N–H and O–H groups in total. The zero-order chi connectivity index (χ0) is 40.7. The molecule has 5 heteroatoms. The molecule has 1 unspecified atom stereocenters. The first-order valence-electron chi connectivity index (χ1n) is 23.5. The van der Waals surface area contributed by atoms with E-state index in [4.69, 9.17) is 14.2 Å². The van der Waals surface area contributed by atoms with Gasteiger partial charge in [-0.15, -0.1) is 0 Å². The van der Waals surface area contributed by atoms with Crippen molar-refractivity contribution in [2.75, 3.05) is 19.8 Å². The first-order chi connectivity index (χ1) is 27.6. The van der Waals surface area contributed by atoms with Crippen LogP contribution in [0.15, 0.2) is 72.9 Å². The molecule has 0 aliphatic heterocycles. The average molecular weight is 781 g/mol. The molecule has 322 valence electrons. The summed E-state index contributed by atoms with van der Waals surface area (Å²) in [5.74, 6) is -0.549. The van der Waals surface area contributed by atoms with E-state index in [9.17, 15) is 9.59 Å². The Labute approximate surface area is 347 Å². The molecule has 0 bridgehead atoms. The van der Waals surface area contributed by atoms with Gasteiger partial charge in [-0.1, -0.05) is 203 Å². The third-order valence-corrected chi connectivity index (χ3v) is 9.76. The Morgan fingerprint density at radius 2 is 0.857 bits per heavy atom. The van der Waals surface area contributed by atoms with E-state index in [1.165, 1.54) is 116 Å². The van der Waals surface area contributed by atoms with Crippen LogP contribution in [0, 0.1) is 0 Å². The molecule has 0 aliphatic rings. The molecule has 0 aromatic rings. The molecule has 0 radical (unpaired) electrons. The highest BCUT2D eigenvalue weighted by molar-refractivity contribution is 5.71. The first-order valence-corrected chi connectivity index (χ1v) is 23.5. The summed E-state index contributed by atoms with van der Waals surface area (Å²) >= 11 is 0. The van der Waals surface area contributed by atoms with E-state index < -0.39 is 6.10 Å². The lowest BCUT2D eigenvalue weighted by atomic mass is 10.1. The average Bonchev–Trinajstić information content (AvgIpc) is 3.20. The fourth-order valence-electron chi connectivity index (χ4n) is 6.28. The lowest BCUT2D eigenvalue weighted by Gasteiger charge is -2.18. The minimum absolute atomic E-state index is 0.0427. The summed E-state index contributed by atoms with van der Waals surface area (Å²) in [4.78, 5) is 25.2. The molecule has 0 aliphatic carbocycles. The van der Waals surface area contributed by atoms with E-state index in [0.29, 0.717) is 13.0 Å². The van der Waals surface area contributed by atoms with Crippen LogP contribution in [0.25, 0.3) is 0 Å². The zero-order valence-electron chi connectivity index (χ0n) is 36.9. The molecular formula is C51H88O5. The molecule has 56 heavy (non-hydrogen) atoms. The lowest BCUT2D eigenvalue weighted by molar-refractivity contribution is -0.162. The predicted octanol–water partition coefficient (Wildman–Crippen LogP) is 15.6. The highest BCUT2D eigenvalue weighted by Crippen LogP contribution is 2.13. The number of carbonyl (C=O) groups is 2. The van der Waals surface area contributed by atoms with Gasteiger partial charge in [-0.2, -0.15) is 0 Å². The Hall–Kier alpha value is -2.66. The lowest BCUT2D eigenvalue weighted by Crippen LogP contribution is -2.29. The molecule has 0 saturated heterocycles. The molecule has 0 saturated carbocycles. The Bertz CT molecular complexity index is 1020. The summed E-state index contributed by atoms with van der Waals surface area (Å²) in [5, 5.41) is 0. The van der Waals surface area contributed by atoms with Crippen molar-refractivity contribution in [2.24, 2.45) is 0 Å². The van der Waals surface area contributed by atoms with Crippen molar-refractivity contribution in [3.05, 3.63) is 72.9 Å². The second-order valence-electron chi connectivity index (χ2n) is 15.3. The number of carbonyl (C=O) groups excluding carboxylic acids is 2. The van der Waals surface area contributed by atoms with Crippen LogP contribution in [0.2, 0.25) is 0 Å². The number of ether oxygens (including phenoxy) is 3. The van der Waals surface area contributed by atoms with Crippen molar-refractivity contribution >= 4 is 11.9 Å². The molecule has 0 aromatic carbocycles. The second kappa shape index (κ2) is 46.7. The maximum absolute atomic E-state index is 12.7. The smallest absolute Gasteiger partial charge is 0.310 e. The predicted molar refractivity (Wildman–Crippen MR) is 242 cm³/mol. The molecule has 0 rings (SSSR count). The highest BCUT2D eigenvalue weighted by atomic mass is 16.6. The van der Waals surface area contributed by atoms with Crippen molar-refractivity contribution < 1.29 is 23.8 Å². The summed E-state index contributed by atoms with van der Waals surface area (Å²) in [6.07, 6.45) is 59.3. The molecular weight excluding hydrogens is 693 g/mol. The number of unbranched alkanes of at least 4 members (excludes halogenated alkanes) is 20. The minimum atomic E-state index is -0.589. The fourth-order valence-corrected chi connectivity index (χ4v) is 6.28. The normalized spacial score (nSPS) is 12.8. The van der Waals surface area contributed by atoms with Crippen molar-refractivity contribution in [3.8, 4) is 0 Å². The van der Waals surface area contributed by atoms with E-state index >= 15 is 0 Å². The van der Waals surface area contributed by atoms with Crippen LogP contribution in [-0.2, 0) is 23.8 Å². The van der Waals surface area contributed by atoms with E-state index in [2.05, 4.69) is 81.5 Å². The van der Waals surface area contributed by atoms with Gasteiger partial charge in [0.2, 0.25) is 0 Å². The van der Waals surface area contributed by atoms with Crippen molar-refractivity contribution in [2.45, 2.75) is 219 Å². The molecule has 0 aromatic heterocycles. The fraction of sp³-hybridized carbons (Fsp3) is 0.725. The van der Waals surface area contributed by atoms with Crippen LogP contribution >= 0.6 is 0 Å². The number of hydrogen-bond acceptors (Lipinski definition) is 5. The van der Waals surface area contributed by atoms with Gasteiger partial charge in [-0.05, 0) is 70.6 Å². The molecule has 0 heterocycles. The van der Waals surface area contributed by atoms with E-state index in [0.717, 1.165) is 64.2 Å². The van der Waals surface area contributed by atoms with Gasteiger partial charge in [0.15, 0.2) is 6.10 Å². The summed E-state index contributed by atoms with van der Waals surface area (Å²) < 4.78 is 17.2. The van der Waals surface area contributed by atoms with E-state index in [-0.39, 0.29) is 31.6 Å². The summed E-state index contributed by atoms with van der Waals surface area (Å²) in [7, 11) is 0. The van der Waals surface area contributed by atoms with Gasteiger partial charge in [0.25, 0.3) is 0 Å². The monoisotopic (exact) mass is 781 g/mol. The Morgan fingerprint density at radius 1 is 0.429 bits per heavy atom. The standard InChI is InChI=1S/C51H88O5/c1-4-7-10-13-16-19-21-23-25-26-28-29-31-33-35-38-41-44-50(52)55-48-49(47-54-46-43-40-37-18-15-12-9-6-3)56-51(53)45-42-39-36-34-32-30-27-24-22-20-17-14-11-8-5-2/h8,11,17,20,23-25,27,32,34,39,42,49H,4-7,9-10,12-16,18-19,21-22,26,28-31,33,35-38,40-41,43-48H2,1-3H3/b11-8-,20-17-,25-23-,27-24-,34-32-,42-39-. The van der Waals surface area contributed by atoms with Crippen molar-refractivity contribution in [1.29, 1.82) is 0 Å². The van der Waals surface area contributed by atoms with E-state index in [1.807, 2.05) is 12.2 Å². The Kier molecular flexibility index (Phi) is 44.5. The number of esters is 2. The molecule has 0 fully saturated rings. The van der Waals surface area contributed by atoms with Crippen LogP contribution in [-0.4, -0.2) is 37.9 Å². The van der Waals surface area contributed by atoms with Crippen LogP contribution in [0.5, 0.6) is 0 Å².